The van der Waals surface area contributed by atoms with Gasteiger partial charge in [0.25, 0.3) is 5.91 Å². The zero-order valence-corrected chi connectivity index (χ0v) is 13.0. The van der Waals surface area contributed by atoms with Gasteiger partial charge in [0.05, 0.1) is 25.3 Å². The molecule has 0 saturated heterocycles. The maximum absolute atomic E-state index is 12.2. The molecule has 5 heteroatoms. The summed E-state index contributed by atoms with van der Waals surface area (Å²) in [6.45, 7) is 4.03. The zero-order valence-electron chi connectivity index (χ0n) is 11.4. The molecule has 19 heavy (non-hydrogen) atoms. The molecule has 0 saturated carbocycles. The lowest BCUT2D eigenvalue weighted by Crippen LogP contribution is -2.38. The largest absolute Gasteiger partial charge is 0.496 e. The number of aliphatic hydroxyl groups is 1. The summed E-state index contributed by atoms with van der Waals surface area (Å²) in [5.41, 5.74) is 0.457. The Kier molecular flexibility index (Phi) is 6.31. The number of nitrogens with one attached hydrogen (secondary N) is 1. The van der Waals surface area contributed by atoms with Crippen LogP contribution in [0.5, 0.6) is 5.75 Å². The lowest BCUT2D eigenvalue weighted by Gasteiger charge is -2.19. The summed E-state index contributed by atoms with van der Waals surface area (Å²) in [5.74, 6) is 0.682. The number of carbonyl (C=O) groups excluding carboxylic acids is 1. The zero-order chi connectivity index (χ0) is 14.4. The fourth-order valence-corrected chi connectivity index (χ4v) is 2.23. The standard InChI is InChI=1S/C14H20BrNO3/c1-9(2)6-11(8-17)16-14(18)12-7-10(15)4-5-13(12)19-3/h4-5,7,9,11,17H,6,8H2,1-3H3,(H,16,18). The Bertz CT molecular complexity index is 435. The van der Waals surface area contributed by atoms with E-state index in [1.54, 1.807) is 12.1 Å². The summed E-state index contributed by atoms with van der Waals surface area (Å²) < 4.78 is 5.98. The first-order valence-corrected chi connectivity index (χ1v) is 7.02. The normalized spacial score (nSPS) is 12.3. The van der Waals surface area contributed by atoms with Gasteiger partial charge in [-0.3, -0.25) is 4.79 Å². The molecule has 0 bridgehead atoms. The number of hydrogen-bond donors (Lipinski definition) is 2. The van der Waals surface area contributed by atoms with E-state index in [1.807, 2.05) is 6.07 Å². The van der Waals surface area contributed by atoms with Crippen LogP contribution in [0.25, 0.3) is 0 Å². The Morgan fingerprint density at radius 1 is 1.47 bits per heavy atom. The Morgan fingerprint density at radius 2 is 2.16 bits per heavy atom. The van der Waals surface area contributed by atoms with Gasteiger partial charge in [0.15, 0.2) is 0 Å². The van der Waals surface area contributed by atoms with Crippen molar-refractivity contribution in [2.45, 2.75) is 26.3 Å². The maximum atomic E-state index is 12.2. The number of carbonyl (C=O) groups is 1. The fraction of sp³-hybridized carbons (Fsp3) is 0.500. The highest BCUT2D eigenvalue weighted by Gasteiger charge is 2.17. The van der Waals surface area contributed by atoms with E-state index in [-0.39, 0.29) is 18.6 Å². The molecule has 1 unspecified atom stereocenters. The third kappa shape index (κ3) is 4.84. The number of rotatable bonds is 6. The quantitative estimate of drug-likeness (QED) is 0.843. The minimum Gasteiger partial charge on any atom is -0.496 e. The van der Waals surface area contributed by atoms with Crippen LogP contribution in [-0.4, -0.2) is 30.8 Å². The minimum atomic E-state index is -0.240. The number of halogens is 1. The highest BCUT2D eigenvalue weighted by molar-refractivity contribution is 9.10. The third-order valence-corrected chi connectivity index (χ3v) is 3.21. The van der Waals surface area contributed by atoms with Crippen molar-refractivity contribution in [2.24, 2.45) is 5.92 Å². The van der Waals surface area contributed by atoms with Crippen LogP contribution in [0, 0.1) is 5.92 Å². The summed E-state index contributed by atoms with van der Waals surface area (Å²) >= 11 is 3.33. The van der Waals surface area contributed by atoms with Crippen LogP contribution in [0.4, 0.5) is 0 Å². The molecular formula is C14H20BrNO3. The summed E-state index contributed by atoms with van der Waals surface area (Å²) in [7, 11) is 1.53. The van der Waals surface area contributed by atoms with E-state index < -0.39 is 0 Å². The van der Waals surface area contributed by atoms with Gasteiger partial charge in [-0.05, 0) is 30.5 Å². The Morgan fingerprint density at radius 3 is 2.68 bits per heavy atom. The van der Waals surface area contributed by atoms with Crippen LogP contribution in [0.2, 0.25) is 0 Å². The van der Waals surface area contributed by atoms with Gasteiger partial charge in [-0.15, -0.1) is 0 Å². The fourth-order valence-electron chi connectivity index (χ4n) is 1.87. The number of hydrogen-bond acceptors (Lipinski definition) is 3. The summed E-state index contributed by atoms with van der Waals surface area (Å²) in [6, 6.07) is 5.01. The van der Waals surface area contributed by atoms with Gasteiger partial charge in [0.2, 0.25) is 0 Å². The first-order chi connectivity index (χ1) is 8.97. The van der Waals surface area contributed by atoms with Crippen molar-refractivity contribution in [2.75, 3.05) is 13.7 Å². The molecule has 0 heterocycles. The van der Waals surface area contributed by atoms with Gasteiger partial charge in [0.1, 0.15) is 5.75 Å². The topological polar surface area (TPSA) is 58.6 Å². The molecule has 1 amide bonds. The third-order valence-electron chi connectivity index (χ3n) is 2.72. The van der Waals surface area contributed by atoms with E-state index in [4.69, 9.17) is 4.74 Å². The molecule has 0 aliphatic carbocycles. The van der Waals surface area contributed by atoms with Gasteiger partial charge in [0, 0.05) is 4.47 Å². The second kappa shape index (κ2) is 7.50. The number of benzene rings is 1. The predicted molar refractivity (Wildman–Crippen MR) is 78.5 cm³/mol. The van der Waals surface area contributed by atoms with Crippen molar-refractivity contribution in [3.8, 4) is 5.75 Å². The molecule has 0 aromatic heterocycles. The number of methoxy groups -OCH3 is 1. The molecule has 0 radical (unpaired) electrons. The van der Waals surface area contributed by atoms with Crippen LogP contribution >= 0.6 is 15.9 Å². The minimum absolute atomic E-state index is 0.0692. The second-order valence-corrected chi connectivity index (χ2v) is 5.74. The molecule has 1 aromatic carbocycles. The predicted octanol–water partition coefficient (Wildman–Crippen LogP) is 2.59. The monoisotopic (exact) mass is 329 g/mol. The molecule has 4 nitrogen and oxygen atoms in total. The second-order valence-electron chi connectivity index (χ2n) is 4.83. The molecule has 0 aliphatic heterocycles. The lowest BCUT2D eigenvalue weighted by atomic mass is 10.0. The molecule has 106 valence electrons. The smallest absolute Gasteiger partial charge is 0.255 e. The summed E-state index contributed by atoms with van der Waals surface area (Å²) in [5, 5.41) is 12.1. The van der Waals surface area contributed by atoms with Gasteiger partial charge >= 0.3 is 0 Å². The van der Waals surface area contributed by atoms with Gasteiger partial charge in [-0.25, -0.2) is 0 Å². The van der Waals surface area contributed by atoms with Gasteiger partial charge in [-0.1, -0.05) is 29.8 Å². The maximum Gasteiger partial charge on any atom is 0.255 e. The lowest BCUT2D eigenvalue weighted by molar-refractivity contribution is 0.0905. The highest BCUT2D eigenvalue weighted by Crippen LogP contribution is 2.23. The first kappa shape index (κ1) is 16.0. The van der Waals surface area contributed by atoms with Crippen LogP contribution in [0.3, 0.4) is 0 Å². The van der Waals surface area contributed by atoms with E-state index in [9.17, 15) is 9.90 Å². The average molecular weight is 330 g/mol. The van der Waals surface area contributed by atoms with Crippen LogP contribution in [0.1, 0.15) is 30.6 Å². The molecule has 0 aliphatic rings. The van der Waals surface area contributed by atoms with E-state index in [2.05, 4.69) is 35.1 Å². The van der Waals surface area contributed by atoms with Gasteiger partial charge < -0.3 is 15.2 Å². The highest BCUT2D eigenvalue weighted by atomic mass is 79.9. The first-order valence-electron chi connectivity index (χ1n) is 6.23. The summed E-state index contributed by atoms with van der Waals surface area (Å²) in [6.07, 6.45) is 0.735. The van der Waals surface area contributed by atoms with Crippen LogP contribution in [0.15, 0.2) is 22.7 Å². The Hall–Kier alpha value is -1.07. The molecule has 1 rings (SSSR count). The molecule has 0 fully saturated rings. The Labute approximate surface area is 122 Å². The molecule has 2 N–H and O–H groups in total. The molecule has 0 spiro atoms. The average Bonchev–Trinajstić information content (AvgIpc) is 2.37. The van der Waals surface area contributed by atoms with E-state index in [1.165, 1.54) is 7.11 Å². The van der Waals surface area contributed by atoms with E-state index in [0.29, 0.717) is 17.2 Å². The number of aliphatic hydroxyl groups excluding tert-OH is 1. The van der Waals surface area contributed by atoms with Crippen molar-refractivity contribution in [3.05, 3.63) is 28.2 Å². The molecule has 1 aromatic rings. The van der Waals surface area contributed by atoms with Crippen molar-refractivity contribution < 1.29 is 14.6 Å². The van der Waals surface area contributed by atoms with E-state index in [0.717, 1.165) is 10.9 Å². The number of ether oxygens (including phenoxy) is 1. The number of amides is 1. The van der Waals surface area contributed by atoms with Gasteiger partial charge in [-0.2, -0.15) is 0 Å². The molecule has 1 atom stereocenters. The summed E-state index contributed by atoms with van der Waals surface area (Å²) in [4.78, 5) is 12.2. The van der Waals surface area contributed by atoms with Crippen molar-refractivity contribution >= 4 is 21.8 Å². The van der Waals surface area contributed by atoms with Crippen LogP contribution in [-0.2, 0) is 0 Å². The van der Waals surface area contributed by atoms with E-state index >= 15 is 0 Å². The SMILES string of the molecule is COc1ccc(Br)cc1C(=O)NC(CO)CC(C)C. The molecular weight excluding hydrogens is 310 g/mol. The van der Waals surface area contributed by atoms with Crippen molar-refractivity contribution in [1.29, 1.82) is 0 Å². The van der Waals surface area contributed by atoms with Crippen LogP contribution < -0.4 is 10.1 Å². The van der Waals surface area contributed by atoms with Crippen molar-refractivity contribution in [3.63, 3.8) is 0 Å². The Balaban J connectivity index is 2.84. The van der Waals surface area contributed by atoms with Crippen molar-refractivity contribution in [1.82, 2.24) is 5.32 Å².